The molecule has 1 atom stereocenters. The summed E-state index contributed by atoms with van der Waals surface area (Å²) in [6, 6.07) is 5.16. The highest BCUT2D eigenvalue weighted by Gasteiger charge is 2.26. The van der Waals surface area contributed by atoms with Crippen molar-refractivity contribution in [1.29, 1.82) is 0 Å². The highest BCUT2D eigenvalue weighted by Crippen LogP contribution is 2.24. The number of carbonyl (C=O) groups is 1. The lowest BCUT2D eigenvalue weighted by molar-refractivity contribution is -0.385. The third-order valence-corrected chi connectivity index (χ3v) is 4.33. The smallest absolute Gasteiger partial charge is 0.272 e. The first-order valence-electron chi connectivity index (χ1n) is 7.96. The topological polar surface area (TPSA) is 102 Å². The van der Waals surface area contributed by atoms with Crippen molar-refractivity contribution in [2.24, 2.45) is 11.7 Å². The highest BCUT2D eigenvalue weighted by atomic mass is 35.5. The number of nitrogens with zero attached hydrogens (tertiary/aromatic N) is 2. The van der Waals surface area contributed by atoms with E-state index in [1.165, 1.54) is 6.07 Å². The molecule has 0 aliphatic carbocycles. The zero-order valence-electron chi connectivity index (χ0n) is 13.9. The van der Waals surface area contributed by atoms with Gasteiger partial charge in [0.15, 0.2) is 0 Å². The third kappa shape index (κ3) is 5.15. The van der Waals surface area contributed by atoms with Crippen LogP contribution in [-0.4, -0.2) is 41.9 Å². The Bertz CT molecular complexity index is 582. The molecular weight excluding hydrogens is 332 g/mol. The highest BCUT2D eigenvalue weighted by molar-refractivity contribution is 5.85. The summed E-state index contributed by atoms with van der Waals surface area (Å²) >= 11 is 0. The predicted octanol–water partition coefficient (Wildman–Crippen LogP) is 1.61. The van der Waals surface area contributed by atoms with Crippen LogP contribution in [0.2, 0.25) is 0 Å². The molecule has 1 aromatic rings. The fraction of sp³-hybridized carbons (Fsp3) is 0.562. The monoisotopic (exact) mass is 356 g/mol. The van der Waals surface area contributed by atoms with Crippen molar-refractivity contribution in [3.8, 4) is 0 Å². The van der Waals surface area contributed by atoms with Gasteiger partial charge in [0.2, 0.25) is 5.91 Å². The van der Waals surface area contributed by atoms with Gasteiger partial charge in [-0.25, -0.2) is 0 Å². The van der Waals surface area contributed by atoms with Crippen LogP contribution in [0, 0.1) is 23.0 Å². The lowest BCUT2D eigenvalue weighted by atomic mass is 9.96. The Balaban J connectivity index is 0.00000288. The Hall–Kier alpha value is -1.70. The molecule has 0 bridgehead atoms. The number of nitrogens with one attached hydrogen (secondary N) is 1. The lowest BCUT2D eigenvalue weighted by Gasteiger charge is -2.32. The van der Waals surface area contributed by atoms with Crippen molar-refractivity contribution in [3.63, 3.8) is 0 Å². The second kappa shape index (κ2) is 9.56. The molecule has 1 amide bonds. The number of hydrogen-bond acceptors (Lipinski definition) is 5. The molecule has 0 radical (unpaired) electrons. The van der Waals surface area contributed by atoms with Crippen molar-refractivity contribution in [2.75, 3.05) is 26.2 Å². The maximum atomic E-state index is 12.1. The molecular formula is C16H25ClN4O3. The van der Waals surface area contributed by atoms with Crippen LogP contribution in [0.4, 0.5) is 5.69 Å². The van der Waals surface area contributed by atoms with Gasteiger partial charge < -0.3 is 11.1 Å². The molecule has 1 aliphatic rings. The number of rotatable bonds is 6. The Morgan fingerprint density at radius 3 is 2.92 bits per heavy atom. The molecule has 1 saturated heterocycles. The predicted molar refractivity (Wildman–Crippen MR) is 95.1 cm³/mol. The summed E-state index contributed by atoms with van der Waals surface area (Å²) in [7, 11) is 0. The molecule has 1 unspecified atom stereocenters. The van der Waals surface area contributed by atoms with Gasteiger partial charge in [0.25, 0.3) is 5.69 Å². The van der Waals surface area contributed by atoms with E-state index in [-0.39, 0.29) is 34.8 Å². The average Bonchev–Trinajstić information content (AvgIpc) is 2.54. The summed E-state index contributed by atoms with van der Waals surface area (Å²) in [6.07, 6.45) is 1.83. The molecule has 8 heteroatoms. The minimum absolute atomic E-state index is 0. The number of carbonyl (C=O) groups excluding carboxylic acids is 1. The summed E-state index contributed by atoms with van der Waals surface area (Å²) in [4.78, 5) is 25.0. The number of benzene rings is 1. The Morgan fingerprint density at radius 2 is 2.25 bits per heavy atom. The van der Waals surface area contributed by atoms with E-state index in [4.69, 9.17) is 5.73 Å². The third-order valence-electron chi connectivity index (χ3n) is 4.33. The van der Waals surface area contributed by atoms with Gasteiger partial charge in [-0.1, -0.05) is 12.1 Å². The van der Waals surface area contributed by atoms with Crippen molar-refractivity contribution in [2.45, 2.75) is 26.3 Å². The minimum Gasteiger partial charge on any atom is -0.355 e. The van der Waals surface area contributed by atoms with E-state index < -0.39 is 0 Å². The van der Waals surface area contributed by atoms with Crippen LogP contribution in [0.25, 0.3) is 0 Å². The number of hydrogen-bond donors (Lipinski definition) is 2. The number of nitro groups is 1. The standard InChI is InChI=1S/C16H24N4O3.ClH/c1-12-13(4-2-6-15(12)20(22)23)10-19-9-3-5-14(11-19)16(21)18-8-7-17;/h2,4,6,14H,3,5,7-11,17H2,1H3,(H,18,21);1H. The molecule has 134 valence electrons. The molecule has 1 aliphatic heterocycles. The first-order valence-corrected chi connectivity index (χ1v) is 7.96. The molecule has 2 rings (SSSR count). The molecule has 1 aromatic carbocycles. The van der Waals surface area contributed by atoms with Crippen LogP contribution in [0.3, 0.4) is 0 Å². The Morgan fingerprint density at radius 1 is 1.50 bits per heavy atom. The number of piperidine rings is 1. The van der Waals surface area contributed by atoms with E-state index in [0.29, 0.717) is 31.7 Å². The minimum atomic E-state index is -0.349. The van der Waals surface area contributed by atoms with E-state index >= 15 is 0 Å². The van der Waals surface area contributed by atoms with Crippen molar-refractivity contribution in [1.82, 2.24) is 10.2 Å². The summed E-state index contributed by atoms with van der Waals surface area (Å²) < 4.78 is 0. The van der Waals surface area contributed by atoms with Gasteiger partial charge in [-0.15, -0.1) is 12.4 Å². The van der Waals surface area contributed by atoms with Crippen molar-refractivity contribution < 1.29 is 9.72 Å². The van der Waals surface area contributed by atoms with E-state index in [0.717, 1.165) is 24.9 Å². The first-order chi connectivity index (χ1) is 11.0. The summed E-state index contributed by atoms with van der Waals surface area (Å²) in [5, 5.41) is 13.9. The number of likely N-dealkylation sites (tertiary alicyclic amines) is 1. The Kier molecular flexibility index (Phi) is 8.10. The number of amides is 1. The zero-order valence-corrected chi connectivity index (χ0v) is 14.7. The normalized spacial score (nSPS) is 17.8. The number of nitrogens with two attached hydrogens (primary N) is 1. The molecule has 0 spiro atoms. The molecule has 1 fully saturated rings. The molecule has 3 N–H and O–H groups in total. The van der Waals surface area contributed by atoms with E-state index in [2.05, 4.69) is 10.2 Å². The van der Waals surface area contributed by atoms with Gasteiger partial charge in [0.05, 0.1) is 10.8 Å². The van der Waals surface area contributed by atoms with Crippen LogP contribution >= 0.6 is 12.4 Å². The van der Waals surface area contributed by atoms with E-state index in [1.54, 1.807) is 13.0 Å². The molecule has 7 nitrogen and oxygen atoms in total. The lowest BCUT2D eigenvalue weighted by Crippen LogP contribution is -2.43. The van der Waals surface area contributed by atoms with Crippen molar-refractivity contribution >= 4 is 24.0 Å². The quantitative estimate of drug-likeness (QED) is 0.595. The van der Waals surface area contributed by atoms with Crippen LogP contribution in [-0.2, 0) is 11.3 Å². The van der Waals surface area contributed by atoms with Crippen LogP contribution in [0.5, 0.6) is 0 Å². The van der Waals surface area contributed by atoms with Crippen molar-refractivity contribution in [3.05, 3.63) is 39.4 Å². The van der Waals surface area contributed by atoms with E-state index in [1.807, 2.05) is 6.07 Å². The second-order valence-corrected chi connectivity index (χ2v) is 5.97. The fourth-order valence-electron chi connectivity index (χ4n) is 3.03. The Labute approximate surface area is 148 Å². The molecule has 0 saturated carbocycles. The van der Waals surface area contributed by atoms with Crippen LogP contribution in [0.1, 0.15) is 24.0 Å². The number of nitro benzene ring substituents is 1. The molecule has 0 aromatic heterocycles. The largest absolute Gasteiger partial charge is 0.355 e. The second-order valence-electron chi connectivity index (χ2n) is 5.97. The summed E-state index contributed by atoms with van der Waals surface area (Å²) in [5.74, 6) is 0.0187. The van der Waals surface area contributed by atoms with Crippen LogP contribution < -0.4 is 11.1 Å². The summed E-state index contributed by atoms with van der Waals surface area (Å²) in [5.41, 5.74) is 7.21. The van der Waals surface area contributed by atoms with Crippen LogP contribution in [0.15, 0.2) is 18.2 Å². The van der Waals surface area contributed by atoms with Gasteiger partial charge in [0.1, 0.15) is 0 Å². The maximum Gasteiger partial charge on any atom is 0.272 e. The average molecular weight is 357 g/mol. The maximum absolute atomic E-state index is 12.1. The molecule has 1 heterocycles. The SMILES string of the molecule is Cc1c(CN2CCCC(C(=O)NCCN)C2)cccc1[N+](=O)[O-].Cl. The van der Waals surface area contributed by atoms with E-state index in [9.17, 15) is 14.9 Å². The van der Waals surface area contributed by atoms with Gasteiger partial charge in [-0.3, -0.25) is 19.8 Å². The summed E-state index contributed by atoms with van der Waals surface area (Å²) in [6.45, 7) is 4.94. The number of halogens is 1. The fourth-order valence-corrected chi connectivity index (χ4v) is 3.03. The van der Waals surface area contributed by atoms with Gasteiger partial charge >= 0.3 is 0 Å². The van der Waals surface area contributed by atoms with Gasteiger partial charge in [-0.2, -0.15) is 0 Å². The van der Waals surface area contributed by atoms with Gasteiger partial charge in [-0.05, 0) is 31.9 Å². The van der Waals surface area contributed by atoms with Gasteiger partial charge in [0, 0.05) is 37.8 Å². The zero-order chi connectivity index (χ0) is 16.8. The molecule has 24 heavy (non-hydrogen) atoms. The first kappa shape index (κ1) is 20.3.